The van der Waals surface area contributed by atoms with E-state index in [2.05, 4.69) is 12.2 Å². The van der Waals surface area contributed by atoms with E-state index in [1.54, 1.807) is 7.11 Å². The van der Waals surface area contributed by atoms with Gasteiger partial charge in [0.25, 0.3) is 5.91 Å². The summed E-state index contributed by atoms with van der Waals surface area (Å²) in [7, 11) is -0.650. The van der Waals surface area contributed by atoms with Gasteiger partial charge in [0.2, 0.25) is 10.0 Å². The number of nitrogens with one attached hydrogen (secondary N) is 1. The first-order valence-corrected chi connectivity index (χ1v) is 11.8. The van der Waals surface area contributed by atoms with Crippen LogP contribution in [0.4, 0.5) is 0 Å². The minimum atomic E-state index is -3.68. The smallest absolute Gasteiger partial charge is 0.255 e. The molecule has 0 spiro atoms. The monoisotopic (exact) mass is 446 g/mol. The summed E-state index contributed by atoms with van der Waals surface area (Å²) in [6.45, 7) is 4.95. The van der Waals surface area contributed by atoms with Crippen LogP contribution in [0.2, 0.25) is 0 Å². The van der Waals surface area contributed by atoms with Crippen molar-refractivity contribution in [2.45, 2.75) is 37.6 Å². The molecule has 7 nitrogen and oxygen atoms in total. The molecule has 3 rings (SSSR count). The molecular formula is C23H30N2O5S. The molecule has 31 heavy (non-hydrogen) atoms. The van der Waals surface area contributed by atoms with Crippen molar-refractivity contribution in [3.05, 3.63) is 53.6 Å². The summed E-state index contributed by atoms with van der Waals surface area (Å²) in [4.78, 5) is 13.2. The third kappa shape index (κ3) is 5.02. The lowest BCUT2D eigenvalue weighted by atomic mass is 10.0. The number of carbonyl (C=O) groups excluding carboxylic acids is 1. The Bertz CT molecular complexity index is 1030. The lowest BCUT2D eigenvalue weighted by Crippen LogP contribution is -2.38. The molecular weight excluding hydrogens is 416 g/mol. The Morgan fingerprint density at radius 1 is 1.06 bits per heavy atom. The van der Waals surface area contributed by atoms with Gasteiger partial charge in [0.15, 0.2) is 0 Å². The standard InChI is InChI=1S/C23H30N2O5S/c1-16-11-13-25(14-12-16)31(27,28)18-9-10-22(30-4)20(15-18)23(26)24-17(2)19-7-5-6-8-21(19)29-3/h5-10,15-17H,11-14H2,1-4H3,(H,24,26)/t17-/m0/s1. The molecule has 0 bridgehead atoms. The molecule has 0 radical (unpaired) electrons. The molecule has 2 aromatic carbocycles. The molecule has 8 heteroatoms. The van der Waals surface area contributed by atoms with Gasteiger partial charge in [-0.3, -0.25) is 4.79 Å². The fourth-order valence-corrected chi connectivity index (χ4v) is 5.27. The summed E-state index contributed by atoms with van der Waals surface area (Å²) in [6.07, 6.45) is 1.66. The molecule has 168 valence electrons. The highest BCUT2D eigenvalue weighted by Crippen LogP contribution is 2.29. The van der Waals surface area contributed by atoms with Gasteiger partial charge < -0.3 is 14.8 Å². The van der Waals surface area contributed by atoms with Crippen molar-refractivity contribution in [2.24, 2.45) is 5.92 Å². The Kier molecular flexibility index (Phi) is 7.23. The Hall–Kier alpha value is -2.58. The SMILES string of the molecule is COc1ccc(S(=O)(=O)N2CCC(C)CC2)cc1C(=O)N[C@@H](C)c1ccccc1OC. The summed E-state index contributed by atoms with van der Waals surface area (Å²) < 4.78 is 38.5. The topological polar surface area (TPSA) is 84.9 Å². The van der Waals surface area contributed by atoms with E-state index in [1.165, 1.54) is 29.6 Å². The number of rotatable bonds is 7. The first-order valence-electron chi connectivity index (χ1n) is 10.4. The molecule has 0 unspecified atom stereocenters. The molecule has 1 heterocycles. The second-order valence-electron chi connectivity index (χ2n) is 7.89. The zero-order chi connectivity index (χ0) is 22.6. The average Bonchev–Trinajstić information content (AvgIpc) is 2.78. The van der Waals surface area contributed by atoms with Gasteiger partial charge in [-0.15, -0.1) is 0 Å². The number of hydrogen-bond donors (Lipinski definition) is 1. The lowest BCUT2D eigenvalue weighted by molar-refractivity contribution is 0.0936. The quantitative estimate of drug-likeness (QED) is 0.702. The van der Waals surface area contributed by atoms with E-state index < -0.39 is 15.9 Å². The van der Waals surface area contributed by atoms with Gasteiger partial charge in [-0.1, -0.05) is 25.1 Å². The van der Waals surface area contributed by atoms with Crippen molar-refractivity contribution in [1.29, 1.82) is 0 Å². The number of piperidine rings is 1. The maximum absolute atomic E-state index is 13.1. The van der Waals surface area contributed by atoms with Gasteiger partial charge in [-0.25, -0.2) is 8.42 Å². The molecule has 1 amide bonds. The van der Waals surface area contributed by atoms with Crippen LogP contribution in [0, 0.1) is 5.92 Å². The van der Waals surface area contributed by atoms with Crippen molar-refractivity contribution in [3.63, 3.8) is 0 Å². The highest BCUT2D eigenvalue weighted by atomic mass is 32.2. The second-order valence-corrected chi connectivity index (χ2v) is 9.82. The van der Waals surface area contributed by atoms with Crippen molar-refractivity contribution in [3.8, 4) is 11.5 Å². The minimum Gasteiger partial charge on any atom is -0.496 e. The third-order valence-electron chi connectivity index (χ3n) is 5.75. The number of nitrogens with zero attached hydrogens (tertiary/aromatic N) is 1. The first-order chi connectivity index (χ1) is 14.8. The van der Waals surface area contributed by atoms with E-state index in [0.29, 0.717) is 30.5 Å². The fourth-order valence-electron chi connectivity index (χ4n) is 3.78. The van der Waals surface area contributed by atoms with E-state index >= 15 is 0 Å². The highest BCUT2D eigenvalue weighted by Gasteiger charge is 2.29. The van der Waals surface area contributed by atoms with Crippen LogP contribution in [0.25, 0.3) is 0 Å². The normalized spacial score (nSPS) is 16.5. The van der Waals surface area contributed by atoms with Crippen LogP contribution in [-0.4, -0.2) is 45.9 Å². The molecule has 1 N–H and O–H groups in total. The van der Waals surface area contributed by atoms with Gasteiger partial charge >= 0.3 is 0 Å². The maximum Gasteiger partial charge on any atom is 0.255 e. The Morgan fingerprint density at radius 2 is 1.71 bits per heavy atom. The lowest BCUT2D eigenvalue weighted by Gasteiger charge is -2.29. The molecule has 1 saturated heterocycles. The van der Waals surface area contributed by atoms with Crippen molar-refractivity contribution >= 4 is 15.9 Å². The molecule has 1 aliphatic rings. The second kappa shape index (κ2) is 9.70. The van der Waals surface area contributed by atoms with Crippen LogP contribution in [0.5, 0.6) is 11.5 Å². The number of carbonyl (C=O) groups is 1. The Morgan fingerprint density at radius 3 is 2.35 bits per heavy atom. The summed E-state index contributed by atoms with van der Waals surface area (Å²) in [5.74, 6) is 1.08. The number of methoxy groups -OCH3 is 2. The molecule has 0 aliphatic carbocycles. The number of sulfonamides is 1. The number of para-hydroxylation sites is 1. The molecule has 1 aliphatic heterocycles. The van der Waals surface area contributed by atoms with E-state index in [0.717, 1.165) is 18.4 Å². The van der Waals surface area contributed by atoms with Gasteiger partial charge in [-0.05, 0) is 49.9 Å². The van der Waals surface area contributed by atoms with Crippen molar-refractivity contribution < 1.29 is 22.7 Å². The minimum absolute atomic E-state index is 0.0953. The fraction of sp³-hybridized carbons (Fsp3) is 0.435. The van der Waals surface area contributed by atoms with Crippen LogP contribution < -0.4 is 14.8 Å². The maximum atomic E-state index is 13.1. The third-order valence-corrected chi connectivity index (χ3v) is 7.64. The molecule has 0 aromatic heterocycles. The highest BCUT2D eigenvalue weighted by molar-refractivity contribution is 7.89. The molecule has 2 aromatic rings. The summed E-state index contributed by atoms with van der Waals surface area (Å²) in [6, 6.07) is 11.5. The van der Waals surface area contributed by atoms with Crippen LogP contribution >= 0.6 is 0 Å². The zero-order valence-corrected chi connectivity index (χ0v) is 19.2. The van der Waals surface area contributed by atoms with Gasteiger partial charge in [0.1, 0.15) is 11.5 Å². The number of benzene rings is 2. The molecule has 0 saturated carbocycles. The summed E-state index contributed by atoms with van der Waals surface area (Å²) >= 11 is 0. The Labute approximate surface area is 184 Å². The largest absolute Gasteiger partial charge is 0.496 e. The van der Waals surface area contributed by atoms with E-state index in [4.69, 9.17) is 9.47 Å². The predicted octanol–water partition coefficient (Wildman–Crippen LogP) is 3.62. The summed E-state index contributed by atoms with van der Waals surface area (Å²) in [5, 5.41) is 2.92. The number of ether oxygens (including phenoxy) is 2. The van der Waals surface area contributed by atoms with Crippen LogP contribution in [0.3, 0.4) is 0 Å². The van der Waals surface area contributed by atoms with Crippen molar-refractivity contribution in [1.82, 2.24) is 9.62 Å². The molecule has 1 atom stereocenters. The van der Waals surface area contributed by atoms with Crippen molar-refractivity contribution in [2.75, 3.05) is 27.3 Å². The number of hydrogen-bond acceptors (Lipinski definition) is 5. The zero-order valence-electron chi connectivity index (χ0n) is 18.4. The van der Waals surface area contributed by atoms with Gasteiger partial charge in [0, 0.05) is 18.7 Å². The van der Waals surface area contributed by atoms with Crippen LogP contribution in [0.15, 0.2) is 47.4 Å². The van der Waals surface area contributed by atoms with E-state index in [9.17, 15) is 13.2 Å². The van der Waals surface area contributed by atoms with E-state index in [1.807, 2.05) is 31.2 Å². The Balaban J connectivity index is 1.87. The van der Waals surface area contributed by atoms with Crippen LogP contribution in [0.1, 0.15) is 48.7 Å². The van der Waals surface area contributed by atoms with Crippen LogP contribution in [-0.2, 0) is 10.0 Å². The predicted molar refractivity (Wildman–Crippen MR) is 119 cm³/mol. The van der Waals surface area contributed by atoms with Gasteiger partial charge in [0.05, 0.1) is 30.7 Å². The van der Waals surface area contributed by atoms with Gasteiger partial charge in [-0.2, -0.15) is 4.31 Å². The molecule has 1 fully saturated rings. The summed E-state index contributed by atoms with van der Waals surface area (Å²) in [5.41, 5.74) is 0.999. The average molecular weight is 447 g/mol. The number of amides is 1. The van der Waals surface area contributed by atoms with E-state index in [-0.39, 0.29) is 16.5 Å². The first kappa shape index (κ1) is 23.1.